The maximum absolute atomic E-state index is 12.2. The van der Waals surface area contributed by atoms with Gasteiger partial charge in [0.2, 0.25) is 0 Å². The van der Waals surface area contributed by atoms with Crippen molar-refractivity contribution in [1.29, 1.82) is 0 Å². The molecule has 140 valence electrons. The van der Waals surface area contributed by atoms with Crippen molar-refractivity contribution in [3.05, 3.63) is 17.0 Å². The van der Waals surface area contributed by atoms with Crippen LogP contribution in [0.3, 0.4) is 0 Å². The lowest BCUT2D eigenvalue weighted by atomic mass is 9.82. The van der Waals surface area contributed by atoms with Crippen molar-refractivity contribution in [2.24, 2.45) is 16.8 Å². The highest BCUT2D eigenvalue weighted by atomic mass is 32.2. The average molecular weight is 385 g/mol. The van der Waals surface area contributed by atoms with Crippen LogP contribution in [0.2, 0.25) is 0 Å². The van der Waals surface area contributed by atoms with E-state index in [1.165, 1.54) is 41.3 Å². The number of fused-ring (bicyclic) bond motifs is 1. The zero-order valence-electron chi connectivity index (χ0n) is 15.2. The molecule has 0 amide bonds. The summed E-state index contributed by atoms with van der Waals surface area (Å²) in [5, 5.41) is 3.41. The maximum Gasteiger partial charge on any atom is 0.252 e. The Labute approximate surface area is 155 Å². The van der Waals surface area contributed by atoms with Gasteiger partial charge in [-0.2, -0.15) is 0 Å². The number of aliphatic imine (C=N–C) groups is 1. The van der Waals surface area contributed by atoms with Crippen molar-refractivity contribution in [3.63, 3.8) is 0 Å². The number of nitrogens with zero attached hydrogens (tertiary/aromatic N) is 3. The minimum atomic E-state index is -3.35. The molecule has 3 rings (SSSR count). The second kappa shape index (κ2) is 7.63. The number of thiophene rings is 1. The minimum Gasteiger partial charge on any atom is -0.351 e. The van der Waals surface area contributed by atoms with E-state index in [0.717, 1.165) is 35.8 Å². The second-order valence-electron chi connectivity index (χ2n) is 7.12. The number of sulfonamides is 1. The van der Waals surface area contributed by atoms with E-state index in [0.29, 0.717) is 10.8 Å². The van der Waals surface area contributed by atoms with Crippen LogP contribution >= 0.6 is 11.3 Å². The number of likely N-dealkylation sites (tertiary alicyclic amines) is 1. The van der Waals surface area contributed by atoms with Gasteiger partial charge < -0.3 is 10.2 Å². The molecule has 1 aromatic rings. The largest absolute Gasteiger partial charge is 0.351 e. The molecule has 1 aromatic heterocycles. The van der Waals surface area contributed by atoms with Gasteiger partial charge in [-0.25, -0.2) is 12.7 Å². The van der Waals surface area contributed by atoms with E-state index in [2.05, 4.69) is 15.2 Å². The van der Waals surface area contributed by atoms with E-state index < -0.39 is 10.0 Å². The average Bonchev–Trinajstić information content (AvgIpc) is 3.22. The van der Waals surface area contributed by atoms with Gasteiger partial charge in [0.1, 0.15) is 4.21 Å². The first-order valence-electron chi connectivity index (χ1n) is 8.88. The standard InChI is InChI=1S/C17H28N4O2S2/c1-18-17(21-11-13-6-4-5-7-14(13)12-21)19-10-15-8-9-16(24-15)25(22,23)20(2)3/h8-9,13-14H,4-7,10-12H2,1-3H3,(H,18,19). The Hall–Kier alpha value is -1.12. The molecule has 1 aliphatic heterocycles. The number of rotatable bonds is 4. The molecule has 2 unspecified atom stereocenters. The first-order valence-corrected chi connectivity index (χ1v) is 11.1. The fraction of sp³-hybridized carbons (Fsp3) is 0.706. The Morgan fingerprint density at radius 3 is 2.48 bits per heavy atom. The lowest BCUT2D eigenvalue weighted by Gasteiger charge is -2.22. The Bertz CT molecular complexity index is 713. The summed E-state index contributed by atoms with van der Waals surface area (Å²) in [6, 6.07) is 3.56. The smallest absolute Gasteiger partial charge is 0.252 e. The van der Waals surface area contributed by atoms with Crippen LogP contribution in [0.15, 0.2) is 21.3 Å². The lowest BCUT2D eigenvalue weighted by Crippen LogP contribution is -2.39. The maximum atomic E-state index is 12.2. The van der Waals surface area contributed by atoms with Crippen molar-refractivity contribution >= 4 is 27.3 Å². The van der Waals surface area contributed by atoms with Crippen molar-refractivity contribution in [2.45, 2.75) is 36.4 Å². The predicted octanol–water partition coefficient (Wildman–Crippen LogP) is 2.20. The van der Waals surface area contributed by atoms with Gasteiger partial charge in [-0.1, -0.05) is 12.8 Å². The van der Waals surface area contributed by atoms with Crippen molar-refractivity contribution in [1.82, 2.24) is 14.5 Å². The molecule has 0 radical (unpaired) electrons. The van der Waals surface area contributed by atoms with E-state index in [9.17, 15) is 8.42 Å². The van der Waals surface area contributed by atoms with Gasteiger partial charge in [-0.15, -0.1) is 11.3 Å². The minimum absolute atomic E-state index is 0.386. The van der Waals surface area contributed by atoms with E-state index in [4.69, 9.17) is 0 Å². The summed E-state index contributed by atoms with van der Waals surface area (Å²) >= 11 is 1.32. The van der Waals surface area contributed by atoms with Crippen LogP contribution in [0, 0.1) is 11.8 Å². The van der Waals surface area contributed by atoms with Gasteiger partial charge in [0.25, 0.3) is 10.0 Å². The molecule has 1 aliphatic carbocycles. The van der Waals surface area contributed by atoms with E-state index >= 15 is 0 Å². The Kier molecular flexibility index (Phi) is 5.70. The van der Waals surface area contributed by atoms with Crippen molar-refractivity contribution in [2.75, 3.05) is 34.2 Å². The molecule has 2 atom stereocenters. The summed E-state index contributed by atoms with van der Waals surface area (Å²) < 4.78 is 26.0. The number of hydrogen-bond donors (Lipinski definition) is 1. The third-order valence-electron chi connectivity index (χ3n) is 5.28. The normalized spacial score (nSPS) is 24.6. The molecule has 0 bridgehead atoms. The SMILES string of the molecule is CN=C(NCc1ccc(S(=O)(=O)N(C)C)s1)N1CC2CCCCC2C1. The molecule has 2 fully saturated rings. The first-order chi connectivity index (χ1) is 11.9. The molecular weight excluding hydrogens is 356 g/mol. The van der Waals surface area contributed by atoms with Crippen LogP contribution in [-0.2, 0) is 16.6 Å². The fourth-order valence-corrected chi connectivity index (χ4v) is 6.31. The molecule has 1 saturated heterocycles. The van der Waals surface area contributed by atoms with Crippen LogP contribution in [0.5, 0.6) is 0 Å². The van der Waals surface area contributed by atoms with Gasteiger partial charge in [0, 0.05) is 39.1 Å². The summed E-state index contributed by atoms with van der Waals surface area (Å²) in [5.41, 5.74) is 0. The highest BCUT2D eigenvalue weighted by Gasteiger charge is 2.35. The molecule has 8 heteroatoms. The monoisotopic (exact) mass is 384 g/mol. The van der Waals surface area contributed by atoms with Crippen LogP contribution in [0.1, 0.15) is 30.6 Å². The molecule has 1 saturated carbocycles. The van der Waals surface area contributed by atoms with Gasteiger partial charge in [0.05, 0.1) is 6.54 Å². The lowest BCUT2D eigenvalue weighted by molar-refractivity contribution is 0.299. The number of nitrogens with one attached hydrogen (secondary N) is 1. The topological polar surface area (TPSA) is 65.0 Å². The van der Waals surface area contributed by atoms with Gasteiger partial charge in [0.15, 0.2) is 5.96 Å². The third-order valence-corrected chi connectivity index (χ3v) is 8.65. The number of guanidine groups is 1. The van der Waals surface area contributed by atoms with E-state index in [1.807, 2.05) is 13.1 Å². The molecule has 6 nitrogen and oxygen atoms in total. The van der Waals surface area contributed by atoms with Gasteiger partial charge >= 0.3 is 0 Å². The van der Waals surface area contributed by atoms with Crippen LogP contribution < -0.4 is 5.32 Å². The summed E-state index contributed by atoms with van der Waals surface area (Å²) in [6.45, 7) is 2.79. The molecule has 0 spiro atoms. The van der Waals surface area contributed by atoms with Crippen molar-refractivity contribution in [3.8, 4) is 0 Å². The summed E-state index contributed by atoms with van der Waals surface area (Å²) in [7, 11) is 1.59. The van der Waals surface area contributed by atoms with Crippen molar-refractivity contribution < 1.29 is 8.42 Å². The quantitative estimate of drug-likeness (QED) is 0.638. The van der Waals surface area contributed by atoms with Gasteiger partial charge in [-0.3, -0.25) is 4.99 Å². The Balaban J connectivity index is 1.60. The van der Waals surface area contributed by atoms with Crippen LogP contribution in [0.4, 0.5) is 0 Å². The second-order valence-corrected chi connectivity index (χ2v) is 10.7. The summed E-state index contributed by atoms with van der Waals surface area (Å²) in [4.78, 5) is 7.80. The van der Waals surface area contributed by atoms with Gasteiger partial charge in [-0.05, 0) is 36.8 Å². The van der Waals surface area contributed by atoms with E-state index in [1.54, 1.807) is 20.2 Å². The highest BCUT2D eigenvalue weighted by molar-refractivity contribution is 7.91. The molecule has 1 N–H and O–H groups in total. The third kappa shape index (κ3) is 4.01. The Morgan fingerprint density at radius 2 is 1.92 bits per heavy atom. The molecule has 25 heavy (non-hydrogen) atoms. The van der Waals surface area contributed by atoms with Crippen LogP contribution in [-0.4, -0.2) is 57.8 Å². The summed E-state index contributed by atoms with van der Waals surface area (Å²) in [5.74, 6) is 2.55. The fourth-order valence-electron chi connectivity index (χ4n) is 3.85. The predicted molar refractivity (Wildman–Crippen MR) is 102 cm³/mol. The zero-order chi connectivity index (χ0) is 18.0. The first kappa shape index (κ1) is 18.7. The summed E-state index contributed by atoms with van der Waals surface area (Å²) in [6.07, 6.45) is 5.41. The number of hydrogen-bond acceptors (Lipinski definition) is 4. The molecule has 0 aromatic carbocycles. The molecule has 2 aliphatic rings. The highest BCUT2D eigenvalue weighted by Crippen LogP contribution is 2.36. The zero-order valence-corrected chi connectivity index (χ0v) is 16.9. The van der Waals surface area contributed by atoms with E-state index in [-0.39, 0.29) is 0 Å². The van der Waals surface area contributed by atoms with Crippen LogP contribution in [0.25, 0.3) is 0 Å². The Morgan fingerprint density at radius 1 is 1.28 bits per heavy atom. The molecular formula is C17H28N4O2S2. The molecule has 2 heterocycles.